The predicted octanol–water partition coefficient (Wildman–Crippen LogP) is 7.69. The monoisotopic (exact) mass is 761 g/mol. The second kappa shape index (κ2) is 16.3. The Hall–Kier alpha value is -5.52. The van der Waals surface area contributed by atoms with E-state index in [9.17, 15) is 25.5 Å². The summed E-state index contributed by atoms with van der Waals surface area (Å²) in [6.45, 7) is 0.528. The molecule has 4 atom stereocenters. The van der Waals surface area contributed by atoms with Gasteiger partial charge in [0, 0.05) is 30.3 Å². The summed E-state index contributed by atoms with van der Waals surface area (Å²) in [6, 6.07) is 21.6. The van der Waals surface area contributed by atoms with Crippen molar-refractivity contribution in [1.82, 2.24) is 10.3 Å². The van der Waals surface area contributed by atoms with Gasteiger partial charge >= 0.3 is 0 Å². The molecule has 11 nitrogen and oxygen atoms in total. The van der Waals surface area contributed by atoms with Gasteiger partial charge in [-0.05, 0) is 139 Å². The van der Waals surface area contributed by atoms with Crippen molar-refractivity contribution < 1.29 is 39.8 Å². The van der Waals surface area contributed by atoms with E-state index in [1.54, 1.807) is 42.6 Å². The Labute approximate surface area is 327 Å². The van der Waals surface area contributed by atoms with Crippen LogP contribution in [0.3, 0.4) is 0 Å². The van der Waals surface area contributed by atoms with Gasteiger partial charge in [-0.25, -0.2) is 4.98 Å². The summed E-state index contributed by atoms with van der Waals surface area (Å²) in [7, 11) is 4.79. The zero-order valence-electron chi connectivity index (χ0n) is 32.1. The molecule has 4 aromatic carbocycles. The summed E-state index contributed by atoms with van der Waals surface area (Å²) >= 11 is 0. The lowest BCUT2D eigenvalue weighted by Gasteiger charge is -2.41. The Kier molecular flexibility index (Phi) is 11.3. The highest BCUT2D eigenvalue weighted by Crippen LogP contribution is 2.52. The number of hydrogen-bond donors (Lipinski definition) is 7. The number of anilines is 2. The number of phenols is 4. The number of aliphatic hydroxyl groups is 1. The van der Waals surface area contributed by atoms with Gasteiger partial charge < -0.3 is 45.6 Å². The molecule has 1 spiro atoms. The predicted molar refractivity (Wildman–Crippen MR) is 216 cm³/mol. The maximum absolute atomic E-state index is 15.4. The first kappa shape index (κ1) is 38.7. The number of carbonyl (C=O) groups is 1. The Bertz CT molecular complexity index is 2220. The summed E-state index contributed by atoms with van der Waals surface area (Å²) in [5, 5.41) is 63.4. The second-order valence-electron chi connectivity index (χ2n) is 15.4. The second-order valence-corrected chi connectivity index (χ2v) is 15.4. The van der Waals surface area contributed by atoms with Gasteiger partial charge in [0.05, 0.1) is 26.2 Å². The molecule has 1 fully saturated rings. The zero-order valence-corrected chi connectivity index (χ0v) is 32.1. The van der Waals surface area contributed by atoms with Crippen LogP contribution in [0, 0.1) is 5.92 Å². The normalized spacial score (nSPS) is 20.0. The molecule has 0 saturated heterocycles. The topological polar surface area (TPSA) is 174 Å². The summed E-state index contributed by atoms with van der Waals surface area (Å²) in [5.41, 5.74) is 3.57. The molecule has 1 saturated carbocycles. The number of carbonyl (C=O) groups excluding carboxylic acids is 1. The number of aryl methyl sites for hydroxylation is 1. The quantitative estimate of drug-likeness (QED) is 0.0734. The van der Waals surface area contributed by atoms with Crippen LogP contribution in [0.4, 0.5) is 11.5 Å². The van der Waals surface area contributed by atoms with Crippen molar-refractivity contribution in [3.05, 3.63) is 101 Å². The SMILES string of the molecule is CNC[C@H]1C[C@@H](c2cc(O)c(O)c(OC)c2)CC(=O)[C@@H]([C@H](O)CCc2ccc(O)c(OC)c2)C2(CCCC2)c2ccnc(c2)Nc2ccc3cc(O)ccc3c21. The Morgan fingerprint density at radius 2 is 1.70 bits per heavy atom. The van der Waals surface area contributed by atoms with Gasteiger partial charge in [-0.1, -0.05) is 31.0 Å². The number of ether oxygens (including phenoxy) is 2. The van der Waals surface area contributed by atoms with Gasteiger partial charge in [-0.15, -0.1) is 0 Å². The first-order valence-electron chi connectivity index (χ1n) is 19.4. The first-order chi connectivity index (χ1) is 27.0. The molecule has 0 amide bonds. The fourth-order valence-corrected chi connectivity index (χ4v) is 9.48. The van der Waals surface area contributed by atoms with Crippen LogP contribution in [0.1, 0.15) is 79.0 Å². The van der Waals surface area contributed by atoms with Crippen LogP contribution in [0.2, 0.25) is 0 Å². The number of hydrogen-bond acceptors (Lipinski definition) is 11. The molecule has 56 heavy (non-hydrogen) atoms. The number of likely N-dealkylation sites (N-methyl/N-ethyl adjacent to an activating group) is 1. The maximum atomic E-state index is 15.4. The molecule has 7 rings (SSSR count). The first-order valence-corrected chi connectivity index (χ1v) is 19.4. The lowest BCUT2D eigenvalue weighted by molar-refractivity contribution is -0.130. The summed E-state index contributed by atoms with van der Waals surface area (Å²) in [4.78, 5) is 20.1. The van der Waals surface area contributed by atoms with Crippen LogP contribution in [-0.2, 0) is 16.6 Å². The smallest absolute Gasteiger partial charge is 0.200 e. The number of ketones is 1. The van der Waals surface area contributed by atoms with Crippen LogP contribution in [0.15, 0.2) is 79.0 Å². The molecule has 1 aliphatic heterocycles. The summed E-state index contributed by atoms with van der Waals surface area (Å²) in [6.07, 6.45) is 5.23. The number of aromatic hydroxyl groups is 4. The van der Waals surface area contributed by atoms with Crippen molar-refractivity contribution in [3.63, 3.8) is 0 Å². The number of nitrogens with one attached hydrogen (secondary N) is 2. The highest BCUT2D eigenvalue weighted by atomic mass is 16.5. The Morgan fingerprint density at radius 1 is 0.911 bits per heavy atom. The molecule has 1 aliphatic carbocycles. The molecule has 2 heterocycles. The number of benzene rings is 4. The zero-order chi connectivity index (χ0) is 39.6. The number of Topliss-reactive ketones (excluding diaryl/α,β-unsaturated/α-hetero) is 1. The van der Waals surface area contributed by atoms with Crippen LogP contribution < -0.4 is 20.1 Å². The molecule has 11 heteroatoms. The summed E-state index contributed by atoms with van der Waals surface area (Å²) in [5.74, 6) is -1.02. The van der Waals surface area contributed by atoms with E-state index in [1.165, 1.54) is 20.3 Å². The fraction of sp³-hybridized carbons (Fsp3) is 0.378. The van der Waals surface area contributed by atoms with Crippen molar-refractivity contribution in [2.24, 2.45) is 5.92 Å². The maximum Gasteiger partial charge on any atom is 0.200 e. The third-order valence-electron chi connectivity index (χ3n) is 12.1. The van der Waals surface area contributed by atoms with E-state index in [4.69, 9.17) is 14.5 Å². The van der Waals surface area contributed by atoms with E-state index in [0.29, 0.717) is 55.8 Å². The van der Waals surface area contributed by atoms with E-state index in [-0.39, 0.29) is 46.9 Å². The van der Waals surface area contributed by atoms with E-state index >= 15 is 4.79 Å². The van der Waals surface area contributed by atoms with Crippen molar-refractivity contribution >= 4 is 28.1 Å². The van der Waals surface area contributed by atoms with Crippen LogP contribution in [0.5, 0.6) is 34.5 Å². The molecule has 5 aromatic rings. The van der Waals surface area contributed by atoms with Gasteiger partial charge in [0.1, 0.15) is 17.4 Å². The fourth-order valence-electron chi connectivity index (χ4n) is 9.48. The van der Waals surface area contributed by atoms with Crippen LogP contribution >= 0.6 is 0 Å². The standard InChI is InChI=1S/C45H51N3O8/c1-46-25-30-19-28(29-22-38(53)44(54)40(23-29)56-3)21-37(52)43(36(51)13-7-26-6-12-35(50)39(18-26)55-2)45(15-4-5-16-45)31-14-17-47-41(24-31)48-34-11-8-27-20-32(49)9-10-33(27)42(30)34/h6,8-12,14,17-18,20,22-24,28,30,36,43,46,49-51,53-54H,4-5,7,13,15-16,19,21,25H2,1-3H3,(H,47,48)/t28-,30-,36-,43-/m1/s1. The Balaban J connectivity index is 1.40. The van der Waals surface area contributed by atoms with E-state index < -0.39 is 23.4 Å². The Morgan fingerprint density at radius 3 is 2.45 bits per heavy atom. The minimum Gasteiger partial charge on any atom is -0.508 e. The average Bonchev–Trinajstić information content (AvgIpc) is 3.68. The van der Waals surface area contributed by atoms with Crippen LogP contribution in [0.25, 0.3) is 10.8 Å². The molecule has 2 bridgehead atoms. The van der Waals surface area contributed by atoms with E-state index in [0.717, 1.165) is 46.0 Å². The van der Waals surface area contributed by atoms with Crippen molar-refractivity contribution in [3.8, 4) is 34.5 Å². The number of aromatic nitrogens is 1. The van der Waals surface area contributed by atoms with Crippen LogP contribution in [-0.4, -0.2) is 70.2 Å². The van der Waals surface area contributed by atoms with Gasteiger partial charge in [-0.3, -0.25) is 4.79 Å². The third-order valence-corrected chi connectivity index (χ3v) is 12.1. The van der Waals surface area contributed by atoms with Gasteiger partial charge in [0.15, 0.2) is 23.0 Å². The van der Waals surface area contributed by atoms with Crippen molar-refractivity contribution in [2.75, 3.05) is 33.1 Å². The number of aliphatic hydroxyl groups excluding tert-OH is 1. The molecular weight excluding hydrogens is 711 g/mol. The highest BCUT2D eigenvalue weighted by molar-refractivity contribution is 5.93. The number of fused-ring (bicyclic) bond motifs is 6. The van der Waals surface area contributed by atoms with Gasteiger partial charge in [0.25, 0.3) is 0 Å². The lowest BCUT2D eigenvalue weighted by Crippen LogP contribution is -2.45. The molecule has 2 aliphatic rings. The molecule has 294 valence electrons. The number of methoxy groups -OCH3 is 2. The third kappa shape index (κ3) is 7.53. The number of pyridine rings is 1. The van der Waals surface area contributed by atoms with E-state index in [2.05, 4.69) is 10.6 Å². The number of phenolic OH excluding ortho intramolecular Hbond substituents is 4. The van der Waals surface area contributed by atoms with Crippen molar-refractivity contribution in [1.29, 1.82) is 0 Å². The minimum atomic E-state index is -1.01. The average molecular weight is 762 g/mol. The minimum absolute atomic E-state index is 0.0297. The molecule has 0 radical (unpaired) electrons. The summed E-state index contributed by atoms with van der Waals surface area (Å²) < 4.78 is 10.8. The van der Waals surface area contributed by atoms with Gasteiger partial charge in [-0.2, -0.15) is 0 Å². The van der Waals surface area contributed by atoms with Gasteiger partial charge in [0.2, 0.25) is 5.75 Å². The molecular formula is C45H51N3O8. The number of nitrogens with zero attached hydrogens (tertiary/aromatic N) is 1. The van der Waals surface area contributed by atoms with E-state index in [1.807, 2.05) is 37.4 Å². The lowest BCUT2D eigenvalue weighted by atomic mass is 9.63. The molecule has 0 unspecified atom stereocenters. The number of rotatable bonds is 9. The molecule has 1 aromatic heterocycles. The largest absolute Gasteiger partial charge is 0.508 e. The molecule has 7 N–H and O–H groups in total. The highest BCUT2D eigenvalue weighted by Gasteiger charge is 2.49. The van der Waals surface area contributed by atoms with Crippen molar-refractivity contribution in [2.45, 2.75) is 74.7 Å².